The lowest BCUT2D eigenvalue weighted by Gasteiger charge is -2.18. The van der Waals surface area contributed by atoms with Crippen molar-refractivity contribution in [3.05, 3.63) is 60.8 Å². The Morgan fingerprint density at radius 1 is 0.288 bits per heavy atom. The Hall–Kier alpha value is -2.89. The number of allylic oxidation sites excluding steroid dienone is 10. The van der Waals surface area contributed by atoms with Crippen LogP contribution in [0.1, 0.15) is 329 Å². The number of esters is 3. The maximum atomic E-state index is 12.9. The van der Waals surface area contributed by atoms with Crippen molar-refractivity contribution in [1.29, 1.82) is 0 Å². The standard InChI is InChI=1S/C67H120O6/c1-4-7-10-13-16-19-22-25-28-30-31-32-33-34-35-37-39-42-45-48-51-54-57-60-66(69)72-63-64(62-71-65(68)59-56-53-50-47-44-41-38-27-24-21-18-15-12-9-6-3)73-67(70)61-58-55-52-49-46-43-40-36-29-26-23-20-17-14-11-8-5-2/h8,11,17,20,26,29-31,40,43,64H,4-7,9-10,12-16,18-19,21-25,27-28,32-39,41-42,44-63H2,1-3H3/b11-8-,20-17-,29-26-,31-30-,43-40-. The van der Waals surface area contributed by atoms with Crippen LogP contribution >= 0.6 is 0 Å². The van der Waals surface area contributed by atoms with E-state index in [0.717, 1.165) is 96.3 Å². The average Bonchev–Trinajstić information content (AvgIpc) is 3.39. The zero-order valence-electron chi connectivity index (χ0n) is 48.7. The van der Waals surface area contributed by atoms with Gasteiger partial charge in [-0.2, -0.15) is 0 Å². The molecule has 0 heterocycles. The van der Waals surface area contributed by atoms with Crippen LogP contribution in [0.2, 0.25) is 0 Å². The van der Waals surface area contributed by atoms with Crippen molar-refractivity contribution in [2.75, 3.05) is 13.2 Å². The van der Waals surface area contributed by atoms with Gasteiger partial charge >= 0.3 is 17.9 Å². The zero-order valence-corrected chi connectivity index (χ0v) is 48.7. The van der Waals surface area contributed by atoms with Crippen molar-refractivity contribution >= 4 is 17.9 Å². The highest BCUT2D eigenvalue weighted by Crippen LogP contribution is 2.17. The molecule has 0 radical (unpaired) electrons. The smallest absolute Gasteiger partial charge is 0.306 e. The minimum atomic E-state index is -0.786. The maximum absolute atomic E-state index is 12.9. The van der Waals surface area contributed by atoms with Gasteiger partial charge in [0, 0.05) is 19.3 Å². The Morgan fingerprint density at radius 3 is 0.849 bits per heavy atom. The van der Waals surface area contributed by atoms with Gasteiger partial charge in [-0.05, 0) is 83.5 Å². The number of ether oxygens (including phenoxy) is 3. The van der Waals surface area contributed by atoms with E-state index in [4.69, 9.17) is 14.2 Å². The second-order valence-corrected chi connectivity index (χ2v) is 21.3. The van der Waals surface area contributed by atoms with Crippen LogP contribution in [-0.2, 0) is 28.6 Å². The van der Waals surface area contributed by atoms with Crippen LogP contribution in [0.3, 0.4) is 0 Å². The zero-order chi connectivity index (χ0) is 52.9. The van der Waals surface area contributed by atoms with Crippen LogP contribution in [0.25, 0.3) is 0 Å². The molecular formula is C67H120O6. The van der Waals surface area contributed by atoms with Crippen molar-refractivity contribution < 1.29 is 28.6 Å². The van der Waals surface area contributed by atoms with Gasteiger partial charge in [-0.15, -0.1) is 0 Å². The molecule has 0 aromatic rings. The molecule has 0 N–H and O–H groups in total. The number of unbranched alkanes of at least 4 members (excludes halogenated alkanes) is 37. The Morgan fingerprint density at radius 2 is 0.534 bits per heavy atom. The van der Waals surface area contributed by atoms with Crippen molar-refractivity contribution in [3.63, 3.8) is 0 Å². The first kappa shape index (κ1) is 70.1. The minimum Gasteiger partial charge on any atom is -0.462 e. The third-order valence-electron chi connectivity index (χ3n) is 14.0. The Bertz CT molecular complexity index is 1310. The molecule has 0 saturated carbocycles. The molecule has 0 aromatic heterocycles. The highest BCUT2D eigenvalue weighted by Gasteiger charge is 2.19. The van der Waals surface area contributed by atoms with Gasteiger partial charge in [-0.25, -0.2) is 0 Å². The molecule has 0 aliphatic heterocycles. The number of hydrogen-bond acceptors (Lipinski definition) is 6. The second kappa shape index (κ2) is 61.7. The SMILES string of the molecule is CC/C=C\C/C=C\C/C=C\C/C=C\CCCCCCC(=O)OC(COC(=O)CCCCCCCCCCCCC/C=C\CCCCCCCCCC)COC(=O)CCCCCCCCCCCCCCCCC. The Kier molecular flexibility index (Phi) is 59.2. The fourth-order valence-corrected chi connectivity index (χ4v) is 9.25. The van der Waals surface area contributed by atoms with Crippen molar-refractivity contribution in [2.24, 2.45) is 0 Å². The summed E-state index contributed by atoms with van der Waals surface area (Å²) in [6.45, 7) is 6.55. The molecule has 0 aliphatic rings. The van der Waals surface area contributed by atoms with Gasteiger partial charge in [0.05, 0.1) is 0 Å². The topological polar surface area (TPSA) is 78.9 Å². The van der Waals surface area contributed by atoms with E-state index in [-0.39, 0.29) is 31.1 Å². The summed E-state index contributed by atoms with van der Waals surface area (Å²) in [5.41, 5.74) is 0. The predicted molar refractivity (Wildman–Crippen MR) is 316 cm³/mol. The third kappa shape index (κ3) is 59.9. The van der Waals surface area contributed by atoms with Gasteiger partial charge < -0.3 is 14.2 Å². The second-order valence-electron chi connectivity index (χ2n) is 21.3. The number of hydrogen-bond donors (Lipinski definition) is 0. The minimum absolute atomic E-state index is 0.0811. The number of rotatable bonds is 58. The Labute approximate surface area is 453 Å². The molecule has 0 saturated heterocycles. The third-order valence-corrected chi connectivity index (χ3v) is 14.0. The molecule has 0 aromatic carbocycles. The molecule has 0 fully saturated rings. The summed E-state index contributed by atoms with van der Waals surface area (Å²) >= 11 is 0. The summed E-state index contributed by atoms with van der Waals surface area (Å²) in [6, 6.07) is 0. The van der Waals surface area contributed by atoms with E-state index in [2.05, 4.69) is 81.5 Å². The van der Waals surface area contributed by atoms with Crippen LogP contribution in [0.15, 0.2) is 60.8 Å². The molecule has 0 bridgehead atoms. The van der Waals surface area contributed by atoms with Gasteiger partial charge in [0.2, 0.25) is 0 Å². The largest absolute Gasteiger partial charge is 0.462 e. The first-order valence-corrected chi connectivity index (χ1v) is 31.8. The monoisotopic (exact) mass is 1020 g/mol. The van der Waals surface area contributed by atoms with E-state index in [1.807, 2.05) is 0 Å². The van der Waals surface area contributed by atoms with E-state index >= 15 is 0 Å². The summed E-state index contributed by atoms with van der Waals surface area (Å²) in [7, 11) is 0. The molecule has 6 nitrogen and oxygen atoms in total. The number of carbonyl (C=O) groups is 3. The van der Waals surface area contributed by atoms with E-state index in [1.54, 1.807) is 0 Å². The van der Waals surface area contributed by atoms with Crippen LogP contribution in [0, 0.1) is 0 Å². The van der Waals surface area contributed by atoms with Crippen LogP contribution in [0.4, 0.5) is 0 Å². The summed E-state index contributed by atoms with van der Waals surface area (Å²) in [4.78, 5) is 38.3. The lowest BCUT2D eigenvalue weighted by molar-refractivity contribution is -0.167. The normalized spacial score (nSPS) is 12.4. The molecule has 1 unspecified atom stereocenters. The summed E-state index contributed by atoms with van der Waals surface area (Å²) in [6.07, 6.45) is 78.0. The highest BCUT2D eigenvalue weighted by molar-refractivity contribution is 5.71. The van der Waals surface area contributed by atoms with E-state index in [0.29, 0.717) is 19.3 Å². The molecule has 424 valence electrons. The van der Waals surface area contributed by atoms with Gasteiger partial charge in [0.25, 0.3) is 0 Å². The van der Waals surface area contributed by atoms with E-state index < -0.39 is 6.10 Å². The van der Waals surface area contributed by atoms with Gasteiger partial charge in [0.1, 0.15) is 13.2 Å². The molecule has 0 aliphatic carbocycles. The van der Waals surface area contributed by atoms with E-state index in [1.165, 1.54) is 193 Å². The maximum Gasteiger partial charge on any atom is 0.306 e. The molecule has 0 spiro atoms. The summed E-state index contributed by atoms with van der Waals surface area (Å²) < 4.78 is 16.9. The first-order valence-electron chi connectivity index (χ1n) is 31.8. The van der Waals surface area contributed by atoms with Gasteiger partial charge in [-0.3, -0.25) is 14.4 Å². The fourth-order valence-electron chi connectivity index (χ4n) is 9.25. The molecule has 73 heavy (non-hydrogen) atoms. The first-order chi connectivity index (χ1) is 36.0. The number of carbonyl (C=O) groups excluding carboxylic acids is 3. The lowest BCUT2D eigenvalue weighted by Crippen LogP contribution is -2.30. The van der Waals surface area contributed by atoms with Crippen molar-refractivity contribution in [1.82, 2.24) is 0 Å². The van der Waals surface area contributed by atoms with Crippen LogP contribution in [-0.4, -0.2) is 37.2 Å². The van der Waals surface area contributed by atoms with Crippen LogP contribution in [0.5, 0.6) is 0 Å². The van der Waals surface area contributed by atoms with E-state index in [9.17, 15) is 14.4 Å². The average molecular weight is 1020 g/mol. The van der Waals surface area contributed by atoms with Crippen molar-refractivity contribution in [2.45, 2.75) is 335 Å². The van der Waals surface area contributed by atoms with Gasteiger partial charge in [0.15, 0.2) is 6.10 Å². The predicted octanol–water partition coefficient (Wildman–Crippen LogP) is 21.6. The Balaban J connectivity index is 4.34. The van der Waals surface area contributed by atoms with Crippen LogP contribution < -0.4 is 0 Å². The molecule has 0 amide bonds. The molecular weight excluding hydrogens is 901 g/mol. The highest BCUT2D eigenvalue weighted by atomic mass is 16.6. The van der Waals surface area contributed by atoms with Gasteiger partial charge in [-0.1, -0.05) is 287 Å². The fraction of sp³-hybridized carbons (Fsp3) is 0.806. The molecule has 0 rings (SSSR count). The summed E-state index contributed by atoms with van der Waals surface area (Å²) in [5, 5.41) is 0. The van der Waals surface area contributed by atoms with Crippen molar-refractivity contribution in [3.8, 4) is 0 Å². The quantitative estimate of drug-likeness (QED) is 0.0261. The molecule has 1 atom stereocenters. The summed E-state index contributed by atoms with van der Waals surface area (Å²) in [5.74, 6) is -0.888. The molecule has 6 heteroatoms. The lowest BCUT2D eigenvalue weighted by atomic mass is 10.0.